The summed E-state index contributed by atoms with van der Waals surface area (Å²) in [6.45, 7) is 0. The summed E-state index contributed by atoms with van der Waals surface area (Å²) in [6.07, 6.45) is 0. The van der Waals surface area contributed by atoms with Gasteiger partial charge in [0.1, 0.15) is 0 Å². The summed E-state index contributed by atoms with van der Waals surface area (Å²) in [7, 11) is 0. The molecule has 0 radical (unpaired) electrons. The number of aromatic nitrogens is 2. The van der Waals surface area contributed by atoms with Gasteiger partial charge in [0.05, 0.1) is 22.1 Å². The van der Waals surface area contributed by atoms with Crippen LogP contribution in [0.15, 0.2) is 158 Å². The van der Waals surface area contributed by atoms with Crippen LogP contribution < -0.4 is 0 Å². The zero-order valence-corrected chi connectivity index (χ0v) is 22.9. The average molecular weight is 535 g/mol. The standard InChI is InChI=1S/C40H26N2/c1-3-11-27(12-4-1)28-19-21-32(22-20-28)41-37-18-10-9-17-33(37)34-23-24-35-36-25-29-13-7-8-14-30(29)26-38(36)42(40(35)39(34)41)31-15-5-2-6-16-31/h1-26H. The smallest absolute Gasteiger partial charge is 0.0788 e. The molecule has 2 nitrogen and oxygen atoms in total. The molecule has 196 valence electrons. The normalized spacial score (nSPS) is 11.8. The summed E-state index contributed by atoms with van der Waals surface area (Å²) in [4.78, 5) is 0. The lowest BCUT2D eigenvalue weighted by molar-refractivity contribution is 1.15. The molecule has 0 saturated carbocycles. The Morgan fingerprint density at radius 3 is 1.57 bits per heavy atom. The molecule has 2 aromatic heterocycles. The third kappa shape index (κ3) is 3.33. The summed E-state index contributed by atoms with van der Waals surface area (Å²) in [6, 6.07) is 57.2. The molecule has 9 rings (SSSR count). The maximum absolute atomic E-state index is 2.47. The lowest BCUT2D eigenvalue weighted by Gasteiger charge is -2.13. The predicted molar refractivity (Wildman–Crippen MR) is 178 cm³/mol. The van der Waals surface area contributed by atoms with Crippen LogP contribution in [0.1, 0.15) is 0 Å². The number of fused-ring (bicyclic) bond motifs is 8. The summed E-state index contributed by atoms with van der Waals surface area (Å²) in [5.41, 5.74) is 9.65. The van der Waals surface area contributed by atoms with E-state index in [1.165, 1.54) is 65.5 Å². The van der Waals surface area contributed by atoms with Gasteiger partial charge in [0.2, 0.25) is 0 Å². The number of hydrogen-bond donors (Lipinski definition) is 0. The molecule has 0 aliphatic carbocycles. The van der Waals surface area contributed by atoms with Gasteiger partial charge >= 0.3 is 0 Å². The van der Waals surface area contributed by atoms with E-state index in [9.17, 15) is 0 Å². The van der Waals surface area contributed by atoms with Gasteiger partial charge in [0.15, 0.2) is 0 Å². The zero-order chi connectivity index (χ0) is 27.6. The van der Waals surface area contributed by atoms with Crippen LogP contribution in [0, 0.1) is 0 Å². The van der Waals surface area contributed by atoms with E-state index in [4.69, 9.17) is 0 Å². The molecule has 0 amide bonds. The van der Waals surface area contributed by atoms with E-state index < -0.39 is 0 Å². The summed E-state index contributed by atoms with van der Waals surface area (Å²) in [5, 5.41) is 7.56. The molecule has 42 heavy (non-hydrogen) atoms. The molecule has 0 spiro atoms. The Morgan fingerprint density at radius 1 is 0.310 bits per heavy atom. The lowest BCUT2D eigenvalue weighted by atomic mass is 10.0. The van der Waals surface area contributed by atoms with Gasteiger partial charge in [-0.2, -0.15) is 0 Å². The summed E-state index contributed by atoms with van der Waals surface area (Å²) >= 11 is 0. The van der Waals surface area contributed by atoms with E-state index in [-0.39, 0.29) is 0 Å². The van der Waals surface area contributed by atoms with Gasteiger partial charge in [-0.05, 0) is 64.4 Å². The molecule has 0 saturated heterocycles. The quantitative estimate of drug-likeness (QED) is 0.213. The molecule has 9 aromatic rings. The number of rotatable bonds is 3. The first-order valence-corrected chi connectivity index (χ1v) is 14.5. The van der Waals surface area contributed by atoms with Crippen molar-refractivity contribution in [1.82, 2.24) is 9.13 Å². The van der Waals surface area contributed by atoms with Crippen LogP contribution >= 0.6 is 0 Å². The lowest BCUT2D eigenvalue weighted by Crippen LogP contribution is -1.98. The maximum Gasteiger partial charge on any atom is 0.0788 e. The van der Waals surface area contributed by atoms with Gasteiger partial charge in [-0.1, -0.05) is 115 Å². The van der Waals surface area contributed by atoms with Crippen LogP contribution in [0.5, 0.6) is 0 Å². The van der Waals surface area contributed by atoms with Gasteiger partial charge in [-0.15, -0.1) is 0 Å². The molecule has 0 atom stereocenters. The molecule has 2 heterocycles. The zero-order valence-electron chi connectivity index (χ0n) is 22.9. The Bertz CT molecular complexity index is 2430. The van der Waals surface area contributed by atoms with Gasteiger partial charge in [0, 0.05) is 32.9 Å². The van der Waals surface area contributed by atoms with Gasteiger partial charge in [-0.25, -0.2) is 0 Å². The van der Waals surface area contributed by atoms with E-state index in [1.54, 1.807) is 0 Å². The minimum atomic E-state index is 1.16. The first-order chi connectivity index (χ1) is 20.8. The van der Waals surface area contributed by atoms with Crippen molar-refractivity contribution in [3.63, 3.8) is 0 Å². The third-order valence-electron chi connectivity index (χ3n) is 8.68. The Balaban J connectivity index is 1.45. The molecular formula is C40H26N2. The van der Waals surface area contributed by atoms with Crippen molar-refractivity contribution >= 4 is 54.4 Å². The van der Waals surface area contributed by atoms with E-state index in [0.29, 0.717) is 0 Å². The Hall–Kier alpha value is -5.60. The van der Waals surface area contributed by atoms with Crippen LogP contribution in [0.25, 0.3) is 76.9 Å². The minimum Gasteiger partial charge on any atom is -0.307 e. The van der Waals surface area contributed by atoms with Crippen LogP contribution in [-0.2, 0) is 0 Å². The van der Waals surface area contributed by atoms with E-state index in [2.05, 4.69) is 167 Å². The van der Waals surface area contributed by atoms with E-state index >= 15 is 0 Å². The van der Waals surface area contributed by atoms with Gasteiger partial charge in [0.25, 0.3) is 0 Å². The number of para-hydroxylation sites is 2. The number of hydrogen-bond acceptors (Lipinski definition) is 0. The fourth-order valence-electron chi connectivity index (χ4n) is 6.78. The first kappa shape index (κ1) is 23.1. The second kappa shape index (κ2) is 8.95. The second-order valence-corrected chi connectivity index (χ2v) is 11.0. The van der Waals surface area contributed by atoms with Crippen molar-refractivity contribution in [2.75, 3.05) is 0 Å². The van der Waals surface area contributed by atoms with Crippen LogP contribution in [0.2, 0.25) is 0 Å². The monoisotopic (exact) mass is 534 g/mol. The molecule has 0 N–H and O–H groups in total. The van der Waals surface area contributed by atoms with Crippen molar-refractivity contribution in [3.8, 4) is 22.5 Å². The van der Waals surface area contributed by atoms with Crippen LogP contribution in [0.4, 0.5) is 0 Å². The minimum absolute atomic E-state index is 1.16. The highest BCUT2D eigenvalue weighted by Gasteiger charge is 2.21. The highest BCUT2D eigenvalue weighted by atomic mass is 15.0. The van der Waals surface area contributed by atoms with E-state index in [0.717, 1.165) is 11.4 Å². The molecule has 0 aliphatic rings. The number of nitrogens with zero attached hydrogens (tertiary/aromatic N) is 2. The number of benzene rings is 7. The van der Waals surface area contributed by atoms with Crippen molar-refractivity contribution in [1.29, 1.82) is 0 Å². The van der Waals surface area contributed by atoms with Gasteiger partial charge in [-0.3, -0.25) is 0 Å². The fraction of sp³-hybridized carbons (Fsp3) is 0. The van der Waals surface area contributed by atoms with Crippen molar-refractivity contribution < 1.29 is 0 Å². The first-order valence-electron chi connectivity index (χ1n) is 14.5. The molecule has 7 aromatic carbocycles. The Morgan fingerprint density at radius 2 is 0.833 bits per heavy atom. The fourth-order valence-corrected chi connectivity index (χ4v) is 6.78. The average Bonchev–Trinajstić information content (AvgIpc) is 3.57. The molecule has 0 aliphatic heterocycles. The van der Waals surface area contributed by atoms with Crippen molar-refractivity contribution in [2.45, 2.75) is 0 Å². The van der Waals surface area contributed by atoms with Crippen molar-refractivity contribution in [3.05, 3.63) is 158 Å². The topological polar surface area (TPSA) is 9.86 Å². The molecule has 0 fully saturated rings. The molecule has 2 heteroatoms. The molecule has 0 unspecified atom stereocenters. The molecule has 0 bridgehead atoms. The predicted octanol–water partition coefficient (Wildman–Crippen LogP) is 10.7. The molecular weight excluding hydrogens is 508 g/mol. The van der Waals surface area contributed by atoms with E-state index in [1.807, 2.05) is 0 Å². The Kier molecular flexibility index (Phi) is 4.93. The highest BCUT2D eigenvalue weighted by Crippen LogP contribution is 2.42. The van der Waals surface area contributed by atoms with Crippen LogP contribution in [0.3, 0.4) is 0 Å². The third-order valence-corrected chi connectivity index (χ3v) is 8.68. The Labute approximate surface area is 243 Å². The maximum atomic E-state index is 2.47. The highest BCUT2D eigenvalue weighted by molar-refractivity contribution is 6.25. The van der Waals surface area contributed by atoms with Crippen LogP contribution in [-0.4, -0.2) is 9.13 Å². The second-order valence-electron chi connectivity index (χ2n) is 11.0. The van der Waals surface area contributed by atoms with Crippen molar-refractivity contribution in [2.24, 2.45) is 0 Å². The summed E-state index contributed by atoms with van der Waals surface area (Å²) < 4.78 is 4.92. The largest absolute Gasteiger partial charge is 0.307 e. The van der Waals surface area contributed by atoms with Gasteiger partial charge < -0.3 is 9.13 Å². The summed E-state index contributed by atoms with van der Waals surface area (Å²) in [5.74, 6) is 0. The SMILES string of the molecule is c1ccc(-c2ccc(-n3c4ccccc4c4ccc5c6cc7ccccc7cc6n(-c6ccccc6)c5c43)cc2)cc1.